The van der Waals surface area contributed by atoms with E-state index in [1.807, 2.05) is 0 Å². The van der Waals surface area contributed by atoms with Crippen LogP contribution in [0.2, 0.25) is 0 Å². The zero-order valence-electron chi connectivity index (χ0n) is 10.6. The summed E-state index contributed by atoms with van der Waals surface area (Å²) >= 11 is 6.53. The Morgan fingerprint density at radius 1 is 0.900 bits per heavy atom. The van der Waals surface area contributed by atoms with E-state index >= 15 is 0 Å². The molecule has 0 saturated heterocycles. The standard InChI is InChI=1S/C14H10Br2O3.Na/c15-11-5-1-9(2-6-11)14(19,13(17)18)10-3-7-12(16)8-4-10;/h1-8,19H,(H,17,18);/q;+1/p-1. The van der Waals surface area contributed by atoms with Crippen molar-refractivity contribution in [3.8, 4) is 0 Å². The number of benzene rings is 2. The molecule has 2 aromatic rings. The molecule has 0 fully saturated rings. The maximum Gasteiger partial charge on any atom is 1.00 e. The normalized spacial score (nSPS) is 10.8. The molecule has 1 N–H and O–H groups in total. The number of aliphatic carboxylic acids is 1. The molecule has 2 rings (SSSR count). The molecule has 0 aliphatic carbocycles. The summed E-state index contributed by atoms with van der Waals surface area (Å²) in [5.74, 6) is -1.56. The Labute approximate surface area is 155 Å². The van der Waals surface area contributed by atoms with Crippen molar-refractivity contribution < 1.29 is 44.6 Å². The summed E-state index contributed by atoms with van der Waals surface area (Å²) in [7, 11) is 0. The quantitative estimate of drug-likeness (QED) is 0.678. The van der Waals surface area contributed by atoms with E-state index in [4.69, 9.17) is 0 Å². The summed E-state index contributed by atoms with van der Waals surface area (Å²) < 4.78 is 1.60. The largest absolute Gasteiger partial charge is 1.00 e. The number of rotatable bonds is 3. The van der Waals surface area contributed by atoms with Crippen LogP contribution in [0, 0.1) is 0 Å². The van der Waals surface area contributed by atoms with Gasteiger partial charge in [0.25, 0.3) is 0 Å². The van der Waals surface area contributed by atoms with E-state index in [9.17, 15) is 15.0 Å². The number of aliphatic hydroxyl groups is 1. The van der Waals surface area contributed by atoms with Crippen molar-refractivity contribution >= 4 is 37.8 Å². The maximum atomic E-state index is 11.4. The second-order valence-corrected chi connectivity index (χ2v) is 5.84. The van der Waals surface area contributed by atoms with Gasteiger partial charge in [-0.2, -0.15) is 0 Å². The second-order valence-electron chi connectivity index (χ2n) is 4.01. The van der Waals surface area contributed by atoms with E-state index in [-0.39, 0.29) is 40.7 Å². The summed E-state index contributed by atoms with van der Waals surface area (Å²) in [6.45, 7) is 0. The number of carbonyl (C=O) groups excluding carboxylic acids is 1. The summed E-state index contributed by atoms with van der Waals surface area (Å²) in [5.41, 5.74) is -1.67. The molecule has 0 bridgehead atoms. The van der Waals surface area contributed by atoms with Crippen LogP contribution in [-0.4, -0.2) is 11.1 Å². The van der Waals surface area contributed by atoms with Gasteiger partial charge in [0.2, 0.25) is 0 Å². The molecule has 20 heavy (non-hydrogen) atoms. The van der Waals surface area contributed by atoms with Gasteiger partial charge in [-0.15, -0.1) is 0 Å². The average Bonchev–Trinajstić information content (AvgIpc) is 2.39. The molecule has 0 radical (unpaired) electrons. The first kappa shape index (κ1) is 17.9. The summed E-state index contributed by atoms with van der Waals surface area (Å²) in [4.78, 5) is 11.4. The molecule has 0 aliphatic rings. The Morgan fingerprint density at radius 3 is 1.45 bits per heavy atom. The van der Waals surface area contributed by atoms with Crippen molar-refractivity contribution in [3.05, 3.63) is 68.6 Å². The first-order valence-corrected chi connectivity index (χ1v) is 6.99. The van der Waals surface area contributed by atoms with Crippen LogP contribution in [0.15, 0.2) is 57.5 Å². The van der Waals surface area contributed by atoms with Crippen LogP contribution in [0.1, 0.15) is 11.1 Å². The predicted molar refractivity (Wildman–Crippen MR) is 76.3 cm³/mol. The molecule has 0 saturated carbocycles. The van der Waals surface area contributed by atoms with Crippen LogP contribution >= 0.6 is 31.9 Å². The smallest absolute Gasteiger partial charge is 0.546 e. The molecule has 0 aliphatic heterocycles. The average molecular weight is 408 g/mol. The Hall–Kier alpha value is -0.170. The molecule has 0 atom stereocenters. The van der Waals surface area contributed by atoms with Gasteiger partial charge in [-0.05, 0) is 35.4 Å². The summed E-state index contributed by atoms with van der Waals surface area (Å²) in [6, 6.07) is 12.8. The topological polar surface area (TPSA) is 60.4 Å². The first-order chi connectivity index (χ1) is 8.94. The third-order valence-corrected chi connectivity index (χ3v) is 3.88. The molecule has 0 aromatic heterocycles. The number of carboxylic acids is 1. The Bertz CT molecular complexity index is 551. The summed E-state index contributed by atoms with van der Waals surface area (Å²) in [6.07, 6.45) is 0. The molecule has 3 nitrogen and oxygen atoms in total. The number of hydrogen-bond acceptors (Lipinski definition) is 3. The van der Waals surface area contributed by atoms with Crippen LogP contribution in [-0.2, 0) is 10.4 Å². The number of halogens is 2. The third-order valence-electron chi connectivity index (χ3n) is 2.82. The fourth-order valence-electron chi connectivity index (χ4n) is 1.78. The van der Waals surface area contributed by atoms with Gasteiger partial charge in [0.05, 0.1) is 5.97 Å². The molecule has 98 valence electrons. The molecule has 0 spiro atoms. The number of carboxylic acid groups (broad SMARTS) is 1. The molecule has 0 heterocycles. The van der Waals surface area contributed by atoms with Gasteiger partial charge in [0.1, 0.15) is 0 Å². The van der Waals surface area contributed by atoms with Crippen LogP contribution in [0.4, 0.5) is 0 Å². The van der Waals surface area contributed by atoms with E-state index in [1.54, 1.807) is 48.5 Å². The van der Waals surface area contributed by atoms with E-state index < -0.39 is 11.6 Å². The first-order valence-electron chi connectivity index (χ1n) is 5.40. The molecular weight excluding hydrogens is 399 g/mol. The molecule has 0 unspecified atom stereocenters. The third kappa shape index (κ3) is 3.53. The predicted octanol–water partition coefficient (Wildman–Crippen LogP) is -0.799. The van der Waals surface area contributed by atoms with Crippen molar-refractivity contribution in [3.63, 3.8) is 0 Å². The van der Waals surface area contributed by atoms with E-state index in [1.165, 1.54) is 0 Å². The van der Waals surface area contributed by atoms with Crippen molar-refractivity contribution in [2.45, 2.75) is 5.60 Å². The van der Waals surface area contributed by atoms with Gasteiger partial charge < -0.3 is 15.0 Å². The van der Waals surface area contributed by atoms with E-state index in [0.29, 0.717) is 0 Å². The SMILES string of the molecule is O=C([O-])C(O)(c1ccc(Br)cc1)c1ccc(Br)cc1.[Na+]. The Morgan fingerprint density at radius 2 is 1.20 bits per heavy atom. The maximum absolute atomic E-state index is 11.4. The van der Waals surface area contributed by atoms with Crippen LogP contribution in [0.25, 0.3) is 0 Å². The van der Waals surface area contributed by atoms with Crippen molar-refractivity contribution in [1.29, 1.82) is 0 Å². The summed E-state index contributed by atoms with van der Waals surface area (Å²) in [5, 5.41) is 21.9. The van der Waals surface area contributed by atoms with E-state index in [2.05, 4.69) is 31.9 Å². The molecule has 2 aromatic carbocycles. The monoisotopic (exact) mass is 406 g/mol. The molecular formula is C14H9Br2NaO3. The van der Waals surface area contributed by atoms with Gasteiger partial charge in [-0.1, -0.05) is 56.1 Å². The van der Waals surface area contributed by atoms with Crippen LogP contribution in [0.5, 0.6) is 0 Å². The minimum atomic E-state index is -2.17. The number of hydrogen-bond donors (Lipinski definition) is 1. The minimum Gasteiger partial charge on any atom is -0.546 e. The zero-order chi connectivity index (χ0) is 14.0. The van der Waals surface area contributed by atoms with Gasteiger partial charge in [-0.25, -0.2) is 0 Å². The Kier molecular flexibility index (Phi) is 6.44. The van der Waals surface area contributed by atoms with Gasteiger partial charge >= 0.3 is 29.6 Å². The van der Waals surface area contributed by atoms with E-state index in [0.717, 1.165) is 8.95 Å². The van der Waals surface area contributed by atoms with Crippen molar-refractivity contribution in [2.24, 2.45) is 0 Å². The van der Waals surface area contributed by atoms with Crippen LogP contribution < -0.4 is 34.7 Å². The van der Waals surface area contributed by atoms with Crippen LogP contribution in [0.3, 0.4) is 0 Å². The van der Waals surface area contributed by atoms with Crippen molar-refractivity contribution in [2.75, 3.05) is 0 Å². The Balaban J connectivity index is 0.00000200. The zero-order valence-corrected chi connectivity index (χ0v) is 15.8. The number of carbonyl (C=O) groups is 1. The fraction of sp³-hybridized carbons (Fsp3) is 0.0714. The molecule has 6 heteroatoms. The molecule has 0 amide bonds. The van der Waals surface area contributed by atoms with Crippen molar-refractivity contribution in [1.82, 2.24) is 0 Å². The second kappa shape index (κ2) is 7.20. The van der Waals surface area contributed by atoms with Gasteiger partial charge in [-0.3, -0.25) is 0 Å². The minimum absolute atomic E-state index is 0. The van der Waals surface area contributed by atoms with Gasteiger partial charge in [0, 0.05) is 8.95 Å². The fourth-order valence-corrected chi connectivity index (χ4v) is 2.31. The van der Waals surface area contributed by atoms with Gasteiger partial charge in [0.15, 0.2) is 5.60 Å².